The third kappa shape index (κ3) is 10.5. The van der Waals surface area contributed by atoms with Crippen LogP contribution in [0.25, 0.3) is 71.9 Å². The lowest BCUT2D eigenvalue weighted by atomic mass is 10.1. The predicted molar refractivity (Wildman–Crippen MR) is 368 cm³/mol. The summed E-state index contributed by atoms with van der Waals surface area (Å²) in [6, 6.07) is 79.0. The Bertz CT molecular complexity index is 4590. The van der Waals surface area contributed by atoms with Crippen LogP contribution in [0.2, 0.25) is 0 Å². The van der Waals surface area contributed by atoms with Crippen molar-refractivity contribution in [3.63, 3.8) is 0 Å². The molecule has 3 nitrogen and oxygen atoms in total. The van der Waals surface area contributed by atoms with Crippen molar-refractivity contribution >= 4 is 131 Å². The van der Waals surface area contributed by atoms with Crippen molar-refractivity contribution in [3.05, 3.63) is 288 Å². The molecule has 11 aromatic rings. The van der Waals surface area contributed by atoms with E-state index in [2.05, 4.69) is 257 Å². The van der Waals surface area contributed by atoms with Gasteiger partial charge in [-0.1, -0.05) is 289 Å². The van der Waals surface area contributed by atoms with Gasteiger partial charge in [0.05, 0.1) is 0 Å². The van der Waals surface area contributed by atoms with Gasteiger partial charge in [-0.2, -0.15) is 0 Å². The van der Waals surface area contributed by atoms with Gasteiger partial charge in [-0.15, -0.1) is 0 Å². The number of rotatable bonds is 10. The molecule has 2 N–H and O–H groups in total. The Labute approximate surface area is 491 Å². The van der Waals surface area contributed by atoms with Crippen LogP contribution in [0.3, 0.4) is 0 Å². The van der Waals surface area contributed by atoms with Crippen molar-refractivity contribution in [2.75, 3.05) is 0 Å². The maximum atomic E-state index is 18.1. The van der Waals surface area contributed by atoms with Crippen LogP contribution in [-0.2, 0) is 9.13 Å². The average Bonchev–Trinajstić information content (AvgIpc) is 2.17. The van der Waals surface area contributed by atoms with Crippen molar-refractivity contribution in [1.29, 1.82) is 0 Å². The molecule has 3 unspecified atom stereocenters. The number of hydrogen-bond donors (Lipinski definition) is 0. The minimum Gasteiger partial charge on any atom is -0.412 e. The maximum absolute atomic E-state index is 18.1. The molecule has 0 amide bonds. The summed E-state index contributed by atoms with van der Waals surface area (Å²) in [6.45, 7) is 12.4. The fraction of sp³-hybridized carbons (Fsp3) is 0.117. The van der Waals surface area contributed by atoms with Gasteiger partial charge >= 0.3 is 0 Å². The second kappa shape index (κ2) is 25.7. The molecule has 0 bridgehead atoms. The lowest BCUT2D eigenvalue weighted by Crippen LogP contribution is -2.30. The van der Waals surface area contributed by atoms with Gasteiger partial charge in [0.1, 0.15) is 0 Å². The van der Waals surface area contributed by atoms with Crippen molar-refractivity contribution in [3.8, 4) is 0 Å². The van der Waals surface area contributed by atoms with Gasteiger partial charge in [-0.05, 0) is 145 Å². The van der Waals surface area contributed by atoms with E-state index in [1.165, 1.54) is 43.6 Å². The molecule has 412 valence electrons. The number of benzene rings is 11. The SMILES string of the molecule is C/C=C(\c1ccccc1C)P(=O)(c1ccc(P(C2=c3ccccc3=CC=CC2)c2cccc3ccccc23)c2ccccc12)c1ccc(P(=O)(c2cccc3c2C=CCC=C3)c2cccc3ccccc23)c2ccccc12.CC.CCC.O. The van der Waals surface area contributed by atoms with Crippen molar-refractivity contribution < 1.29 is 14.6 Å². The molecular weight excluding hydrogens is 1070 g/mol. The zero-order valence-electron chi connectivity index (χ0n) is 48.3. The Kier molecular flexibility index (Phi) is 18.0. The topological polar surface area (TPSA) is 65.6 Å². The van der Waals surface area contributed by atoms with E-state index in [1.54, 1.807) is 0 Å². The zero-order valence-corrected chi connectivity index (χ0v) is 50.9. The number of allylic oxidation sites excluding steroid dienone is 5. The minimum absolute atomic E-state index is 0. The van der Waals surface area contributed by atoms with Crippen LogP contribution >= 0.6 is 22.2 Å². The molecule has 0 fully saturated rings. The summed E-state index contributed by atoms with van der Waals surface area (Å²) in [4.78, 5) is 0. The molecule has 11 aromatic carbocycles. The van der Waals surface area contributed by atoms with Crippen LogP contribution in [0.5, 0.6) is 0 Å². The quantitative estimate of drug-likeness (QED) is 0.128. The van der Waals surface area contributed by atoms with E-state index in [1.807, 2.05) is 57.2 Å². The average molecular weight is 1140 g/mol. The molecule has 83 heavy (non-hydrogen) atoms. The molecule has 13 rings (SSSR count). The van der Waals surface area contributed by atoms with Gasteiger partial charge in [-0.3, -0.25) is 0 Å². The van der Waals surface area contributed by atoms with E-state index in [4.69, 9.17) is 0 Å². The molecular formula is C77H71O3P3. The highest BCUT2D eigenvalue weighted by molar-refractivity contribution is 7.89. The highest BCUT2D eigenvalue weighted by atomic mass is 31.2. The standard InChI is InChI=1S/C72H55O2P3.C3H8.C2H6.H2O/c1-3-67(55-33-12-7-24-50(55)2)76(73,70-47-46-66(60-38-16-17-39-61(60)70)75(65-43-21-30-52-27-9-14-35-57(52)65)64-42-20-11-28-51-26-8-13-34-56(51)64)71-48-49-72(63-41-19-18-40-62(63)71)77(74,69-45-23-32-54-29-10-15-37-59(54)69)68-44-22-31-53-25-5-4-6-36-58(53)68;1-3-2;1-2;/h3,5-41,43-49H,4,42H2,1-2H3;3H2,1-2H3;1-2H3;1H2/b67-3+;;;. The number of hydrogen-bond acceptors (Lipinski definition) is 2. The van der Waals surface area contributed by atoms with E-state index < -0.39 is 22.2 Å². The second-order valence-corrected chi connectivity index (χ2v) is 28.2. The van der Waals surface area contributed by atoms with E-state index >= 15 is 9.13 Å². The summed E-state index contributed by atoms with van der Waals surface area (Å²) in [6.07, 6.45) is 20.3. The Morgan fingerprint density at radius 3 is 1.72 bits per heavy atom. The first-order chi connectivity index (χ1) is 40.3. The Balaban J connectivity index is 0.00000124. The Morgan fingerprint density at radius 1 is 0.494 bits per heavy atom. The second-order valence-electron chi connectivity index (χ2n) is 20.7. The first kappa shape index (κ1) is 58.2. The summed E-state index contributed by atoms with van der Waals surface area (Å²) >= 11 is 0. The summed E-state index contributed by atoms with van der Waals surface area (Å²) in [7, 11) is -8.75. The van der Waals surface area contributed by atoms with Crippen molar-refractivity contribution in [2.45, 2.75) is 60.8 Å². The predicted octanol–water partition coefficient (Wildman–Crippen LogP) is 16.7. The van der Waals surface area contributed by atoms with Gasteiger partial charge in [-0.25, -0.2) is 0 Å². The highest BCUT2D eigenvalue weighted by Crippen LogP contribution is 2.60. The van der Waals surface area contributed by atoms with Crippen LogP contribution in [-0.4, -0.2) is 5.48 Å². The normalized spacial score (nSPS) is 14.5. The van der Waals surface area contributed by atoms with Gasteiger partial charge in [0.2, 0.25) is 0 Å². The largest absolute Gasteiger partial charge is 0.412 e. The highest BCUT2D eigenvalue weighted by Gasteiger charge is 2.40. The van der Waals surface area contributed by atoms with Crippen LogP contribution in [0.4, 0.5) is 0 Å². The van der Waals surface area contributed by atoms with E-state index in [0.717, 1.165) is 93.9 Å². The molecule has 2 aliphatic rings. The van der Waals surface area contributed by atoms with E-state index in [-0.39, 0.29) is 5.48 Å². The van der Waals surface area contributed by atoms with Crippen LogP contribution < -0.4 is 47.6 Å². The van der Waals surface area contributed by atoms with Crippen LogP contribution in [0, 0.1) is 6.92 Å². The Morgan fingerprint density at radius 2 is 1.00 bits per heavy atom. The van der Waals surface area contributed by atoms with Gasteiger partial charge in [0.25, 0.3) is 0 Å². The zero-order chi connectivity index (χ0) is 56.8. The molecule has 0 aliphatic heterocycles. The minimum atomic E-state index is -3.87. The van der Waals surface area contributed by atoms with Crippen molar-refractivity contribution in [2.24, 2.45) is 0 Å². The molecule has 3 atom stereocenters. The molecule has 2 aliphatic carbocycles. The summed E-state index contributed by atoms with van der Waals surface area (Å²) in [5, 5.41) is 19.1. The molecule has 0 heterocycles. The maximum Gasteiger partial charge on any atom is 0.172 e. The lowest BCUT2D eigenvalue weighted by Gasteiger charge is -2.30. The molecule has 0 radical (unpaired) electrons. The number of fused-ring (bicyclic) bond motifs is 6. The smallest absolute Gasteiger partial charge is 0.172 e. The molecule has 0 saturated heterocycles. The fourth-order valence-electron chi connectivity index (χ4n) is 12.2. The monoisotopic (exact) mass is 1140 g/mol. The molecule has 6 heteroatoms. The molecule has 0 spiro atoms. The van der Waals surface area contributed by atoms with E-state index in [0.29, 0.717) is 5.30 Å². The third-order valence-corrected chi connectivity index (χ3v) is 25.0. The van der Waals surface area contributed by atoms with Crippen LogP contribution in [0.1, 0.15) is 76.1 Å². The van der Waals surface area contributed by atoms with E-state index in [9.17, 15) is 0 Å². The Hall–Kier alpha value is -7.99. The lowest BCUT2D eigenvalue weighted by molar-refractivity contribution is 0.592. The molecule has 0 saturated carbocycles. The summed E-state index contributed by atoms with van der Waals surface area (Å²) in [5.41, 5.74) is 3.98. The van der Waals surface area contributed by atoms with Gasteiger partial charge in [0, 0.05) is 31.8 Å². The molecule has 0 aromatic heterocycles. The van der Waals surface area contributed by atoms with Crippen molar-refractivity contribution in [1.82, 2.24) is 0 Å². The van der Waals surface area contributed by atoms with Crippen LogP contribution in [0.15, 0.2) is 255 Å². The first-order valence-electron chi connectivity index (χ1n) is 29.0. The summed E-state index contributed by atoms with van der Waals surface area (Å²) < 4.78 is 35.6. The van der Waals surface area contributed by atoms with Gasteiger partial charge < -0.3 is 14.6 Å². The fourth-order valence-corrected chi connectivity index (χ4v) is 21.8. The summed E-state index contributed by atoms with van der Waals surface area (Å²) in [5.74, 6) is 0. The van der Waals surface area contributed by atoms with Gasteiger partial charge in [0.15, 0.2) is 14.3 Å². The number of aryl methyl sites for hydroxylation is 1. The first-order valence-corrected chi connectivity index (χ1v) is 33.7. The third-order valence-electron chi connectivity index (χ3n) is 15.7.